The molecule has 2 nitrogen and oxygen atoms in total. The van der Waals surface area contributed by atoms with Crippen LogP contribution in [0.15, 0.2) is 18.2 Å². The van der Waals surface area contributed by atoms with Gasteiger partial charge >= 0.3 is 6.18 Å². The molecule has 0 saturated carbocycles. The maximum absolute atomic E-state index is 13.1. The van der Waals surface area contributed by atoms with Crippen LogP contribution in [0.25, 0.3) is 0 Å². The zero-order chi connectivity index (χ0) is 14.6. The van der Waals surface area contributed by atoms with Crippen LogP contribution in [0.3, 0.4) is 0 Å². The van der Waals surface area contributed by atoms with E-state index in [0.29, 0.717) is 6.54 Å². The van der Waals surface area contributed by atoms with Gasteiger partial charge in [-0.1, -0.05) is 0 Å². The molecule has 0 spiro atoms. The molecule has 1 aromatic rings. The summed E-state index contributed by atoms with van der Waals surface area (Å²) >= 11 is 0. The Hall–Kier alpha value is -1.30. The number of anilines is 1. The second kappa shape index (κ2) is 6.43. The highest BCUT2D eigenvalue weighted by atomic mass is 19.4. The third-order valence-corrected chi connectivity index (χ3v) is 3.33. The number of rotatable bonds is 5. The highest BCUT2D eigenvalue weighted by Crippen LogP contribution is 2.33. The first kappa shape index (κ1) is 15.1. The average molecular weight is 291 g/mol. The molecule has 112 valence electrons. The van der Waals surface area contributed by atoms with Crippen molar-refractivity contribution in [3.8, 4) is 0 Å². The molecule has 0 aromatic heterocycles. The maximum Gasteiger partial charge on any atom is 0.419 e. The van der Waals surface area contributed by atoms with Crippen molar-refractivity contribution in [2.75, 3.05) is 18.5 Å². The van der Waals surface area contributed by atoms with Crippen molar-refractivity contribution in [3.05, 3.63) is 29.6 Å². The van der Waals surface area contributed by atoms with Crippen LogP contribution in [0.2, 0.25) is 0 Å². The number of hydrogen-bond acceptors (Lipinski definition) is 2. The number of nitrogens with one attached hydrogen (secondary N) is 1. The first-order valence-electron chi connectivity index (χ1n) is 6.69. The van der Waals surface area contributed by atoms with E-state index in [1.807, 2.05) is 0 Å². The second-order valence-corrected chi connectivity index (χ2v) is 4.90. The van der Waals surface area contributed by atoms with E-state index in [0.717, 1.165) is 44.4 Å². The molecule has 1 atom stereocenters. The summed E-state index contributed by atoms with van der Waals surface area (Å²) in [5.74, 6) is -1.25. The SMILES string of the molecule is Fc1ccc(NCCCC2CCCO2)cc1C(F)(F)F. The largest absolute Gasteiger partial charge is 0.419 e. The topological polar surface area (TPSA) is 21.3 Å². The van der Waals surface area contributed by atoms with Crippen LogP contribution in [-0.2, 0) is 10.9 Å². The van der Waals surface area contributed by atoms with Crippen LogP contribution in [-0.4, -0.2) is 19.3 Å². The predicted molar refractivity (Wildman–Crippen MR) is 68.1 cm³/mol. The number of benzene rings is 1. The molecule has 1 heterocycles. The summed E-state index contributed by atoms with van der Waals surface area (Å²) in [6, 6.07) is 2.96. The summed E-state index contributed by atoms with van der Waals surface area (Å²) < 4.78 is 56.2. The number of hydrogen-bond donors (Lipinski definition) is 1. The van der Waals surface area contributed by atoms with Gasteiger partial charge in [0, 0.05) is 18.8 Å². The first-order valence-corrected chi connectivity index (χ1v) is 6.69. The van der Waals surface area contributed by atoms with Gasteiger partial charge in [0.05, 0.1) is 11.7 Å². The molecular weight excluding hydrogens is 274 g/mol. The van der Waals surface area contributed by atoms with Crippen LogP contribution in [0, 0.1) is 5.82 Å². The Morgan fingerprint density at radius 1 is 1.30 bits per heavy atom. The van der Waals surface area contributed by atoms with Crippen molar-refractivity contribution in [2.45, 2.75) is 38.0 Å². The zero-order valence-corrected chi connectivity index (χ0v) is 11.0. The normalized spacial score (nSPS) is 19.3. The van der Waals surface area contributed by atoms with Crippen molar-refractivity contribution in [1.29, 1.82) is 0 Å². The molecule has 1 saturated heterocycles. The van der Waals surface area contributed by atoms with Crippen LogP contribution < -0.4 is 5.32 Å². The van der Waals surface area contributed by atoms with E-state index >= 15 is 0 Å². The molecule has 20 heavy (non-hydrogen) atoms. The van der Waals surface area contributed by atoms with E-state index in [9.17, 15) is 17.6 Å². The van der Waals surface area contributed by atoms with Gasteiger partial charge in [0.1, 0.15) is 5.82 Å². The number of ether oxygens (including phenoxy) is 1. The summed E-state index contributed by atoms with van der Waals surface area (Å²) in [6.07, 6.45) is -0.570. The molecule has 0 amide bonds. The lowest BCUT2D eigenvalue weighted by molar-refractivity contribution is -0.139. The van der Waals surface area contributed by atoms with E-state index in [2.05, 4.69) is 5.32 Å². The average Bonchev–Trinajstić information content (AvgIpc) is 2.88. The molecule has 2 rings (SSSR count). The van der Waals surface area contributed by atoms with Crippen molar-refractivity contribution in [1.82, 2.24) is 0 Å². The Balaban J connectivity index is 1.83. The van der Waals surface area contributed by atoms with Crippen LogP contribution in [0.5, 0.6) is 0 Å². The van der Waals surface area contributed by atoms with Gasteiger partial charge in [0.15, 0.2) is 0 Å². The summed E-state index contributed by atoms with van der Waals surface area (Å²) in [4.78, 5) is 0. The number of alkyl halides is 3. The van der Waals surface area contributed by atoms with E-state index in [1.54, 1.807) is 0 Å². The van der Waals surface area contributed by atoms with E-state index < -0.39 is 17.6 Å². The first-order chi connectivity index (χ1) is 9.47. The van der Waals surface area contributed by atoms with Gasteiger partial charge in [0.2, 0.25) is 0 Å². The molecule has 1 aromatic carbocycles. The molecule has 0 radical (unpaired) electrons. The minimum Gasteiger partial charge on any atom is -0.385 e. The zero-order valence-electron chi connectivity index (χ0n) is 11.0. The highest BCUT2D eigenvalue weighted by Gasteiger charge is 2.34. The van der Waals surface area contributed by atoms with Crippen LogP contribution in [0.1, 0.15) is 31.2 Å². The second-order valence-electron chi connectivity index (χ2n) is 4.90. The quantitative estimate of drug-likeness (QED) is 0.648. The summed E-state index contributed by atoms with van der Waals surface area (Å²) in [6.45, 7) is 1.34. The minimum atomic E-state index is -4.67. The van der Waals surface area contributed by atoms with Gasteiger partial charge in [-0.05, 0) is 43.9 Å². The predicted octanol–water partition coefficient (Wildman–Crippen LogP) is 4.22. The van der Waals surface area contributed by atoms with Crippen molar-refractivity contribution < 1.29 is 22.3 Å². The third kappa shape index (κ3) is 4.10. The summed E-state index contributed by atoms with van der Waals surface area (Å²) in [7, 11) is 0. The molecule has 1 aliphatic heterocycles. The van der Waals surface area contributed by atoms with Crippen molar-refractivity contribution >= 4 is 5.69 Å². The van der Waals surface area contributed by atoms with E-state index in [4.69, 9.17) is 4.74 Å². The minimum absolute atomic E-state index is 0.274. The van der Waals surface area contributed by atoms with Gasteiger partial charge in [-0.25, -0.2) is 4.39 Å². The third-order valence-electron chi connectivity index (χ3n) is 3.33. The smallest absolute Gasteiger partial charge is 0.385 e. The molecule has 0 aliphatic carbocycles. The Morgan fingerprint density at radius 3 is 2.75 bits per heavy atom. The molecular formula is C14H17F4NO. The van der Waals surface area contributed by atoms with Gasteiger partial charge in [-0.2, -0.15) is 13.2 Å². The molecule has 1 aliphatic rings. The van der Waals surface area contributed by atoms with Gasteiger partial charge in [0.25, 0.3) is 0 Å². The highest BCUT2D eigenvalue weighted by molar-refractivity contribution is 5.47. The molecule has 1 unspecified atom stereocenters. The molecule has 0 bridgehead atoms. The standard InChI is InChI=1S/C14H17F4NO/c15-13-6-5-10(9-12(13)14(16,17)18)19-7-1-3-11-4-2-8-20-11/h5-6,9,11,19H,1-4,7-8H2. The molecule has 6 heteroatoms. The number of halogens is 4. The fourth-order valence-corrected chi connectivity index (χ4v) is 2.29. The summed E-state index contributed by atoms with van der Waals surface area (Å²) in [5.41, 5.74) is -0.951. The monoisotopic (exact) mass is 291 g/mol. The van der Waals surface area contributed by atoms with Gasteiger partial charge in [-0.3, -0.25) is 0 Å². The van der Waals surface area contributed by atoms with Crippen molar-refractivity contribution in [3.63, 3.8) is 0 Å². The lowest BCUT2D eigenvalue weighted by Crippen LogP contribution is -2.11. The van der Waals surface area contributed by atoms with E-state index in [1.165, 1.54) is 6.07 Å². The Bertz CT molecular complexity index is 441. The molecule has 1 fully saturated rings. The summed E-state index contributed by atoms with van der Waals surface area (Å²) in [5, 5.41) is 2.89. The lowest BCUT2D eigenvalue weighted by atomic mass is 10.1. The molecule has 1 N–H and O–H groups in total. The van der Waals surface area contributed by atoms with Gasteiger partial charge < -0.3 is 10.1 Å². The van der Waals surface area contributed by atoms with Crippen LogP contribution >= 0.6 is 0 Å². The Morgan fingerprint density at radius 2 is 2.10 bits per heavy atom. The van der Waals surface area contributed by atoms with Gasteiger partial charge in [-0.15, -0.1) is 0 Å². The fraction of sp³-hybridized carbons (Fsp3) is 0.571. The Labute approximate surface area is 115 Å². The lowest BCUT2D eigenvalue weighted by Gasteiger charge is -2.13. The fourth-order valence-electron chi connectivity index (χ4n) is 2.29. The maximum atomic E-state index is 13.1. The van der Waals surface area contributed by atoms with E-state index in [-0.39, 0.29) is 11.8 Å². The van der Waals surface area contributed by atoms with Crippen LogP contribution in [0.4, 0.5) is 23.2 Å². The van der Waals surface area contributed by atoms with Crippen molar-refractivity contribution in [2.24, 2.45) is 0 Å². The Kier molecular flexibility index (Phi) is 4.86.